The summed E-state index contributed by atoms with van der Waals surface area (Å²) in [6, 6.07) is 10.3. The van der Waals surface area contributed by atoms with Crippen LogP contribution in [0.3, 0.4) is 0 Å². The summed E-state index contributed by atoms with van der Waals surface area (Å²) >= 11 is 0. The van der Waals surface area contributed by atoms with E-state index in [0.29, 0.717) is 35.6 Å². The highest BCUT2D eigenvalue weighted by Gasteiger charge is 2.31. The van der Waals surface area contributed by atoms with Gasteiger partial charge in [0, 0.05) is 17.5 Å². The van der Waals surface area contributed by atoms with Gasteiger partial charge in [-0.05, 0) is 24.6 Å². The van der Waals surface area contributed by atoms with Crippen molar-refractivity contribution in [3.05, 3.63) is 53.5 Å². The molecule has 6 heteroatoms. The number of halogens is 1. The Kier molecular flexibility index (Phi) is 3.76. The number of carbonyl (C=O) groups is 1. The number of carbonyl (C=O) groups excluding carboxylic acids is 1. The Morgan fingerprint density at radius 3 is 2.85 bits per heavy atom. The number of hydrogen-bond donors (Lipinski definition) is 1. The molecule has 4 rings (SSSR count). The Hall–Kier alpha value is -3.15. The Bertz CT molecular complexity index is 1050. The molecule has 5 nitrogen and oxygen atoms in total. The topological polar surface area (TPSA) is 68.5 Å². The molecule has 0 unspecified atom stereocenters. The average Bonchev–Trinajstić information content (AvgIpc) is 2.98. The van der Waals surface area contributed by atoms with Gasteiger partial charge in [0.15, 0.2) is 11.6 Å². The van der Waals surface area contributed by atoms with Crippen molar-refractivity contribution >= 4 is 22.5 Å². The molecule has 1 amide bonds. The molecule has 0 fully saturated rings. The van der Waals surface area contributed by atoms with Crippen molar-refractivity contribution in [1.82, 2.24) is 9.88 Å². The number of benzene rings is 2. The predicted octanol–water partition coefficient (Wildman–Crippen LogP) is 3.61. The molecule has 0 atom stereocenters. The van der Waals surface area contributed by atoms with Gasteiger partial charge in [-0.3, -0.25) is 4.79 Å². The maximum absolute atomic E-state index is 13.8. The van der Waals surface area contributed by atoms with Gasteiger partial charge in [0.2, 0.25) is 0 Å². The molecule has 1 aromatic heterocycles. The molecule has 26 heavy (non-hydrogen) atoms. The number of rotatable bonds is 3. The average molecular weight is 351 g/mol. The van der Waals surface area contributed by atoms with E-state index < -0.39 is 5.82 Å². The van der Waals surface area contributed by atoms with Gasteiger partial charge in [0.05, 0.1) is 36.1 Å². The number of para-hydroxylation sites is 1. The number of amides is 1. The SMILES string of the molecule is CCN1Cc2nc3c(-c4ccc(F)c(OC)c4)cccc3c(N)c2C1=O. The molecule has 0 aliphatic carbocycles. The Morgan fingerprint density at radius 2 is 2.12 bits per heavy atom. The number of ether oxygens (including phenoxy) is 1. The molecule has 2 heterocycles. The largest absolute Gasteiger partial charge is 0.494 e. The highest BCUT2D eigenvalue weighted by Crippen LogP contribution is 2.37. The molecule has 0 bridgehead atoms. The molecule has 2 N–H and O–H groups in total. The minimum absolute atomic E-state index is 0.0803. The van der Waals surface area contributed by atoms with E-state index >= 15 is 0 Å². The normalized spacial score (nSPS) is 13.3. The second kappa shape index (κ2) is 5.98. The highest BCUT2D eigenvalue weighted by molar-refractivity contribution is 6.11. The van der Waals surface area contributed by atoms with Gasteiger partial charge < -0.3 is 15.4 Å². The molecule has 1 aliphatic rings. The first-order valence-electron chi connectivity index (χ1n) is 8.39. The van der Waals surface area contributed by atoms with Gasteiger partial charge >= 0.3 is 0 Å². The van der Waals surface area contributed by atoms with Crippen LogP contribution in [0, 0.1) is 5.82 Å². The first-order valence-corrected chi connectivity index (χ1v) is 8.39. The zero-order valence-corrected chi connectivity index (χ0v) is 14.5. The van der Waals surface area contributed by atoms with Gasteiger partial charge in [0.1, 0.15) is 0 Å². The Morgan fingerprint density at radius 1 is 1.31 bits per heavy atom. The summed E-state index contributed by atoms with van der Waals surface area (Å²) in [6.07, 6.45) is 0. The summed E-state index contributed by atoms with van der Waals surface area (Å²) in [4.78, 5) is 19.0. The zero-order valence-electron chi connectivity index (χ0n) is 14.5. The lowest BCUT2D eigenvalue weighted by Gasteiger charge is -2.12. The van der Waals surface area contributed by atoms with Crippen LogP contribution in [0.5, 0.6) is 5.75 Å². The third-order valence-corrected chi connectivity index (χ3v) is 4.82. The minimum atomic E-state index is -0.422. The van der Waals surface area contributed by atoms with Crippen LogP contribution in [0.4, 0.5) is 10.1 Å². The van der Waals surface area contributed by atoms with Crippen LogP contribution in [0.15, 0.2) is 36.4 Å². The first-order chi connectivity index (χ1) is 12.5. The molecule has 0 spiro atoms. The number of nitrogens with two attached hydrogens (primary N) is 1. The molecular formula is C20H18FN3O2. The van der Waals surface area contributed by atoms with E-state index in [2.05, 4.69) is 0 Å². The van der Waals surface area contributed by atoms with Crippen molar-refractivity contribution in [3.63, 3.8) is 0 Å². The first kappa shape index (κ1) is 16.3. The summed E-state index contributed by atoms with van der Waals surface area (Å²) in [5.41, 5.74) is 10.2. The van der Waals surface area contributed by atoms with Gasteiger partial charge in [-0.2, -0.15) is 0 Å². The lowest BCUT2D eigenvalue weighted by Crippen LogP contribution is -2.23. The van der Waals surface area contributed by atoms with E-state index in [9.17, 15) is 9.18 Å². The molecule has 2 aromatic carbocycles. The van der Waals surface area contributed by atoms with Crippen molar-refractivity contribution in [2.24, 2.45) is 0 Å². The number of anilines is 1. The number of hydrogen-bond acceptors (Lipinski definition) is 4. The summed E-state index contributed by atoms with van der Waals surface area (Å²) < 4.78 is 18.9. The van der Waals surface area contributed by atoms with E-state index in [4.69, 9.17) is 15.5 Å². The number of aromatic nitrogens is 1. The molecular weight excluding hydrogens is 333 g/mol. The van der Waals surface area contributed by atoms with E-state index in [1.54, 1.807) is 17.0 Å². The lowest BCUT2D eigenvalue weighted by molar-refractivity contribution is 0.0787. The minimum Gasteiger partial charge on any atom is -0.494 e. The second-order valence-electron chi connectivity index (χ2n) is 6.22. The smallest absolute Gasteiger partial charge is 0.258 e. The van der Waals surface area contributed by atoms with Crippen LogP contribution >= 0.6 is 0 Å². The molecule has 3 aromatic rings. The predicted molar refractivity (Wildman–Crippen MR) is 98.5 cm³/mol. The number of nitrogens with zero attached hydrogens (tertiary/aromatic N) is 2. The quantitative estimate of drug-likeness (QED) is 0.783. The number of nitrogen functional groups attached to an aromatic ring is 1. The van der Waals surface area contributed by atoms with E-state index in [1.165, 1.54) is 13.2 Å². The Labute approximate surface area is 150 Å². The monoisotopic (exact) mass is 351 g/mol. The van der Waals surface area contributed by atoms with Crippen LogP contribution < -0.4 is 10.5 Å². The van der Waals surface area contributed by atoms with Crippen LogP contribution in [-0.4, -0.2) is 29.4 Å². The molecule has 0 saturated heterocycles. The van der Waals surface area contributed by atoms with Gasteiger partial charge in [-0.15, -0.1) is 0 Å². The molecule has 1 aliphatic heterocycles. The number of methoxy groups -OCH3 is 1. The van der Waals surface area contributed by atoms with Crippen LogP contribution in [-0.2, 0) is 6.54 Å². The van der Waals surface area contributed by atoms with Crippen molar-refractivity contribution in [2.75, 3.05) is 19.4 Å². The summed E-state index contributed by atoms with van der Waals surface area (Å²) in [5.74, 6) is -0.335. The van der Waals surface area contributed by atoms with Crippen molar-refractivity contribution in [1.29, 1.82) is 0 Å². The van der Waals surface area contributed by atoms with E-state index in [-0.39, 0.29) is 11.7 Å². The third kappa shape index (κ3) is 2.29. The number of pyridine rings is 1. The fraction of sp³-hybridized carbons (Fsp3) is 0.200. The standard InChI is InChI=1S/C20H18FN3O2/c1-3-24-10-15-17(20(24)25)18(22)13-6-4-5-12(19(13)23-15)11-7-8-14(21)16(9-11)26-2/h4-9H,3,10H2,1-2H3,(H2,22,23). The van der Waals surface area contributed by atoms with E-state index in [1.807, 2.05) is 25.1 Å². The third-order valence-electron chi connectivity index (χ3n) is 4.82. The van der Waals surface area contributed by atoms with Gasteiger partial charge in [0.25, 0.3) is 5.91 Å². The van der Waals surface area contributed by atoms with Gasteiger partial charge in [-0.25, -0.2) is 9.37 Å². The summed E-state index contributed by atoms with van der Waals surface area (Å²) in [7, 11) is 1.43. The lowest BCUT2D eigenvalue weighted by atomic mass is 9.99. The zero-order chi connectivity index (χ0) is 18.4. The summed E-state index contributed by atoms with van der Waals surface area (Å²) in [5, 5.41) is 0.718. The van der Waals surface area contributed by atoms with Crippen LogP contribution in [0.1, 0.15) is 23.0 Å². The molecule has 0 radical (unpaired) electrons. The van der Waals surface area contributed by atoms with Crippen molar-refractivity contribution < 1.29 is 13.9 Å². The maximum atomic E-state index is 13.8. The molecule has 132 valence electrons. The molecule has 0 saturated carbocycles. The summed E-state index contributed by atoms with van der Waals surface area (Å²) in [6.45, 7) is 2.98. The fourth-order valence-electron chi connectivity index (χ4n) is 3.44. The number of fused-ring (bicyclic) bond motifs is 2. The van der Waals surface area contributed by atoms with Crippen LogP contribution in [0.25, 0.3) is 22.0 Å². The highest BCUT2D eigenvalue weighted by atomic mass is 19.1. The maximum Gasteiger partial charge on any atom is 0.258 e. The van der Waals surface area contributed by atoms with Crippen molar-refractivity contribution in [3.8, 4) is 16.9 Å². The van der Waals surface area contributed by atoms with Crippen molar-refractivity contribution in [2.45, 2.75) is 13.5 Å². The fourth-order valence-corrected chi connectivity index (χ4v) is 3.44. The van der Waals surface area contributed by atoms with Crippen LogP contribution in [0.2, 0.25) is 0 Å². The Balaban J connectivity index is 1.97. The van der Waals surface area contributed by atoms with E-state index in [0.717, 1.165) is 16.5 Å². The van der Waals surface area contributed by atoms with Gasteiger partial charge in [-0.1, -0.05) is 24.3 Å². The second-order valence-corrected chi connectivity index (χ2v) is 6.22.